The molecule has 1 aromatic carbocycles. The fourth-order valence-electron chi connectivity index (χ4n) is 2.58. The first-order valence-electron chi connectivity index (χ1n) is 8.55. The van der Waals surface area contributed by atoms with Crippen molar-refractivity contribution in [2.45, 2.75) is 25.4 Å². The lowest BCUT2D eigenvalue weighted by atomic mass is 10.0. The van der Waals surface area contributed by atoms with Crippen LogP contribution in [0.2, 0.25) is 0 Å². The van der Waals surface area contributed by atoms with E-state index >= 15 is 0 Å². The number of rotatable bonds is 5. The summed E-state index contributed by atoms with van der Waals surface area (Å²) in [5, 5.41) is 17.6. The number of aliphatic imine (C=N–C) groups is 1. The van der Waals surface area contributed by atoms with Crippen LogP contribution in [0.1, 0.15) is 24.1 Å². The minimum Gasteiger partial charge on any atom is -0.403 e. The average molecular weight is 445 g/mol. The lowest BCUT2D eigenvalue weighted by Crippen LogP contribution is -2.40. The molecule has 0 aromatic heterocycles. The maximum atomic E-state index is 13.0. The van der Waals surface area contributed by atoms with Gasteiger partial charge in [-0.3, -0.25) is 9.79 Å². The fraction of sp³-hybridized carbons (Fsp3) is 0.278. The van der Waals surface area contributed by atoms with Crippen molar-refractivity contribution in [3.8, 4) is 0 Å². The van der Waals surface area contributed by atoms with Gasteiger partial charge in [-0.2, -0.15) is 18.3 Å². The maximum Gasteiger partial charge on any atom is 0.416 e. The Labute approximate surface area is 175 Å². The third kappa shape index (κ3) is 5.30. The number of amides is 1. The second-order valence-corrected chi connectivity index (χ2v) is 6.61. The van der Waals surface area contributed by atoms with Gasteiger partial charge in [0.1, 0.15) is 11.4 Å². The predicted molar refractivity (Wildman–Crippen MR) is 108 cm³/mol. The summed E-state index contributed by atoms with van der Waals surface area (Å²) in [6.45, 7) is 1.50. The van der Waals surface area contributed by atoms with Crippen LogP contribution in [0.25, 0.3) is 0 Å². The van der Waals surface area contributed by atoms with E-state index in [1.807, 2.05) is 0 Å². The molecular weight excluding hydrogens is 425 g/mol. The summed E-state index contributed by atoms with van der Waals surface area (Å²) in [7, 11) is 1.40. The van der Waals surface area contributed by atoms with E-state index in [9.17, 15) is 23.1 Å². The highest BCUT2D eigenvalue weighted by Crippen LogP contribution is 2.32. The van der Waals surface area contributed by atoms with Crippen molar-refractivity contribution in [1.29, 1.82) is 0 Å². The van der Waals surface area contributed by atoms with Crippen LogP contribution in [0.5, 0.6) is 0 Å². The lowest BCUT2D eigenvalue weighted by molar-refractivity contribution is -0.137. The zero-order chi connectivity index (χ0) is 22.6. The molecule has 0 fully saturated rings. The molecule has 0 spiro atoms. The van der Waals surface area contributed by atoms with Gasteiger partial charge in [0.15, 0.2) is 11.4 Å². The highest BCUT2D eigenvalue weighted by molar-refractivity contribution is 6.69. The van der Waals surface area contributed by atoms with Gasteiger partial charge in [0, 0.05) is 18.9 Å². The summed E-state index contributed by atoms with van der Waals surface area (Å²) in [4.78, 5) is 16.3. The third-order valence-corrected chi connectivity index (χ3v) is 4.45. The molecule has 162 valence electrons. The molecule has 1 aliphatic heterocycles. The molecule has 2 rings (SSSR count). The van der Waals surface area contributed by atoms with Crippen LogP contribution in [0.4, 0.5) is 18.9 Å². The summed E-state index contributed by atoms with van der Waals surface area (Å²) >= 11 is 5.94. The van der Waals surface area contributed by atoms with E-state index in [4.69, 9.17) is 23.1 Å². The molecule has 6 N–H and O–H groups in total. The van der Waals surface area contributed by atoms with Crippen molar-refractivity contribution in [2.24, 2.45) is 15.8 Å². The van der Waals surface area contributed by atoms with E-state index in [0.717, 1.165) is 23.3 Å². The average Bonchev–Trinajstić information content (AvgIpc) is 2.68. The molecule has 30 heavy (non-hydrogen) atoms. The van der Waals surface area contributed by atoms with Crippen LogP contribution in [-0.2, 0) is 11.0 Å². The number of aliphatic hydroxyl groups excluding tert-OH is 1. The quantitative estimate of drug-likeness (QED) is 0.408. The first-order chi connectivity index (χ1) is 14.0. The van der Waals surface area contributed by atoms with Crippen LogP contribution in [-0.4, -0.2) is 40.2 Å². The Morgan fingerprint density at radius 2 is 2.10 bits per heavy atom. The van der Waals surface area contributed by atoms with E-state index in [-0.39, 0.29) is 27.8 Å². The molecule has 12 heteroatoms. The number of halogens is 4. The van der Waals surface area contributed by atoms with Crippen molar-refractivity contribution in [3.05, 3.63) is 53.4 Å². The molecule has 2 atom stereocenters. The largest absolute Gasteiger partial charge is 0.416 e. The summed E-state index contributed by atoms with van der Waals surface area (Å²) in [5.41, 5.74) is 10.2. The number of hydrazone groups is 1. The lowest BCUT2D eigenvalue weighted by Gasteiger charge is -2.27. The SMILES string of the molecule is CN=C(Cl)C(=CN)N1N=C(C(=O)N[C@H](C)c2cc(N)cc(C(F)(F)F)c2)C=CC1O. The minimum absolute atomic E-state index is 0.0526. The summed E-state index contributed by atoms with van der Waals surface area (Å²) in [6, 6.07) is 2.23. The molecule has 0 saturated heterocycles. The molecular formula is C18H20ClF3N6O2. The van der Waals surface area contributed by atoms with Gasteiger partial charge in [0.05, 0.1) is 11.6 Å². The maximum absolute atomic E-state index is 13.0. The number of nitrogens with one attached hydrogen (secondary N) is 1. The van der Waals surface area contributed by atoms with E-state index in [1.165, 1.54) is 32.2 Å². The van der Waals surface area contributed by atoms with Gasteiger partial charge in [-0.15, -0.1) is 0 Å². The molecule has 1 unspecified atom stereocenters. The van der Waals surface area contributed by atoms with Crippen molar-refractivity contribution >= 4 is 34.1 Å². The Bertz CT molecular complexity index is 942. The van der Waals surface area contributed by atoms with Crippen molar-refractivity contribution in [1.82, 2.24) is 10.3 Å². The minimum atomic E-state index is -4.58. The molecule has 8 nitrogen and oxygen atoms in total. The van der Waals surface area contributed by atoms with Crippen molar-refractivity contribution in [2.75, 3.05) is 12.8 Å². The first-order valence-corrected chi connectivity index (χ1v) is 8.93. The molecule has 0 saturated carbocycles. The smallest absolute Gasteiger partial charge is 0.403 e. The van der Waals surface area contributed by atoms with E-state index in [0.29, 0.717) is 0 Å². The molecule has 1 aliphatic rings. The van der Waals surface area contributed by atoms with Crippen LogP contribution in [0, 0.1) is 0 Å². The van der Waals surface area contributed by atoms with Crippen LogP contribution < -0.4 is 16.8 Å². The van der Waals surface area contributed by atoms with E-state index < -0.39 is 29.9 Å². The zero-order valence-corrected chi connectivity index (χ0v) is 16.7. The van der Waals surface area contributed by atoms with Gasteiger partial charge in [0.25, 0.3) is 5.91 Å². The Morgan fingerprint density at radius 3 is 2.67 bits per heavy atom. The molecule has 1 aromatic rings. The second kappa shape index (κ2) is 9.18. The van der Waals surface area contributed by atoms with Crippen LogP contribution in [0.3, 0.4) is 0 Å². The molecule has 0 radical (unpaired) electrons. The molecule has 0 aliphatic carbocycles. The number of alkyl halides is 3. The monoisotopic (exact) mass is 444 g/mol. The topological polar surface area (TPSA) is 129 Å². The van der Waals surface area contributed by atoms with Crippen molar-refractivity contribution in [3.63, 3.8) is 0 Å². The third-order valence-electron chi connectivity index (χ3n) is 4.09. The number of nitrogen functional groups attached to an aromatic ring is 1. The van der Waals surface area contributed by atoms with Gasteiger partial charge in [-0.1, -0.05) is 11.6 Å². The normalized spacial score (nSPS) is 18.8. The number of allylic oxidation sites excluding steroid dienone is 1. The molecule has 1 amide bonds. The van der Waals surface area contributed by atoms with Gasteiger partial charge in [0.2, 0.25) is 0 Å². The number of aliphatic hydroxyl groups is 1. The Kier molecular flexibility index (Phi) is 7.11. The summed E-state index contributed by atoms with van der Waals surface area (Å²) in [6.07, 6.45) is -2.25. The summed E-state index contributed by atoms with van der Waals surface area (Å²) < 4.78 is 39.0. The number of hydrogen-bond donors (Lipinski definition) is 4. The van der Waals surface area contributed by atoms with Crippen molar-refractivity contribution < 1.29 is 23.1 Å². The number of nitrogens with two attached hydrogens (primary N) is 2. The Morgan fingerprint density at radius 1 is 1.43 bits per heavy atom. The number of benzene rings is 1. The standard InChI is InChI=1S/C18H20ClF3N6O2/c1-9(10-5-11(18(20,21)22)7-12(24)6-10)26-17(30)13-3-4-15(29)28(27-13)14(8-23)16(19)25-2/h3-9,15,29H,23-24H2,1-2H3,(H,26,30)/t9-,15?/m1/s1. The number of carbonyl (C=O) groups is 1. The predicted octanol–water partition coefficient (Wildman–Crippen LogP) is 2.08. The van der Waals surface area contributed by atoms with Crippen LogP contribution in [0.15, 0.2) is 52.3 Å². The number of hydrogen-bond acceptors (Lipinski definition) is 7. The van der Waals surface area contributed by atoms with Gasteiger partial charge in [-0.05, 0) is 42.8 Å². The number of carbonyl (C=O) groups excluding carboxylic acids is 1. The molecule has 1 heterocycles. The highest BCUT2D eigenvalue weighted by Gasteiger charge is 2.32. The Balaban J connectivity index is 2.26. The fourth-order valence-corrected chi connectivity index (χ4v) is 2.73. The first kappa shape index (κ1) is 23.2. The highest BCUT2D eigenvalue weighted by atomic mass is 35.5. The Hall–Kier alpha value is -3.05. The van der Waals surface area contributed by atoms with E-state index in [2.05, 4.69) is 15.4 Å². The van der Waals surface area contributed by atoms with Gasteiger partial charge >= 0.3 is 6.18 Å². The zero-order valence-electron chi connectivity index (χ0n) is 16.0. The number of nitrogens with zero attached hydrogens (tertiary/aromatic N) is 3. The summed E-state index contributed by atoms with van der Waals surface area (Å²) in [5.74, 6) is -0.701. The van der Waals surface area contributed by atoms with Gasteiger partial charge in [-0.25, -0.2) is 5.01 Å². The van der Waals surface area contributed by atoms with Gasteiger partial charge < -0.3 is 21.9 Å². The molecule has 0 bridgehead atoms. The van der Waals surface area contributed by atoms with E-state index in [1.54, 1.807) is 0 Å². The number of anilines is 1. The second-order valence-electron chi connectivity index (χ2n) is 6.25. The van der Waals surface area contributed by atoms with Crippen LogP contribution >= 0.6 is 11.6 Å².